The maximum absolute atomic E-state index is 9.22. The van der Waals surface area contributed by atoms with Crippen molar-refractivity contribution in [3.63, 3.8) is 0 Å². The van der Waals surface area contributed by atoms with Gasteiger partial charge in [0.2, 0.25) is 5.95 Å². The summed E-state index contributed by atoms with van der Waals surface area (Å²) in [6, 6.07) is 11.8. The third-order valence-corrected chi connectivity index (χ3v) is 3.90. The Bertz CT molecular complexity index is 984. The Morgan fingerprint density at radius 1 is 1.17 bits per heavy atom. The zero-order chi connectivity index (χ0) is 15.6. The molecule has 1 aromatic carbocycles. The van der Waals surface area contributed by atoms with Gasteiger partial charge in [0.05, 0.1) is 17.5 Å². The van der Waals surface area contributed by atoms with Crippen molar-refractivity contribution in [2.75, 3.05) is 5.32 Å². The Hall–Kier alpha value is -3.24. The van der Waals surface area contributed by atoms with Crippen LogP contribution in [0.5, 0.6) is 0 Å². The van der Waals surface area contributed by atoms with E-state index in [9.17, 15) is 5.26 Å². The van der Waals surface area contributed by atoms with Gasteiger partial charge >= 0.3 is 6.01 Å². The molecule has 3 aromatic heterocycles. The first-order valence-corrected chi connectivity index (χ1v) is 7.70. The standard InChI is InChI=1S/C16H9N5OS/c17-7-11-8-18-15(20-14(11)10-5-6-23-9-10)21-16-19-12-3-1-2-4-13(12)22-16/h1-6,8-9H,(H,18,19,20,21). The van der Waals surface area contributed by atoms with E-state index in [2.05, 4.69) is 26.3 Å². The van der Waals surface area contributed by atoms with E-state index >= 15 is 0 Å². The van der Waals surface area contributed by atoms with Crippen molar-refractivity contribution in [2.24, 2.45) is 0 Å². The lowest BCUT2D eigenvalue weighted by Gasteiger charge is -2.04. The van der Waals surface area contributed by atoms with Crippen LogP contribution in [0, 0.1) is 11.3 Å². The van der Waals surface area contributed by atoms with E-state index in [1.807, 2.05) is 41.1 Å². The molecule has 0 radical (unpaired) electrons. The Balaban J connectivity index is 1.72. The van der Waals surface area contributed by atoms with E-state index in [0.29, 0.717) is 28.8 Å². The lowest BCUT2D eigenvalue weighted by atomic mass is 10.1. The van der Waals surface area contributed by atoms with Crippen molar-refractivity contribution < 1.29 is 4.42 Å². The van der Waals surface area contributed by atoms with Gasteiger partial charge in [-0.05, 0) is 23.6 Å². The van der Waals surface area contributed by atoms with Crippen molar-refractivity contribution in [2.45, 2.75) is 0 Å². The highest BCUT2D eigenvalue weighted by atomic mass is 32.1. The van der Waals surface area contributed by atoms with Crippen LogP contribution in [0.15, 0.2) is 51.7 Å². The minimum atomic E-state index is 0.312. The Kier molecular flexibility index (Phi) is 3.22. The third kappa shape index (κ3) is 2.52. The van der Waals surface area contributed by atoms with Gasteiger partial charge < -0.3 is 4.42 Å². The van der Waals surface area contributed by atoms with Gasteiger partial charge in [0, 0.05) is 10.9 Å². The molecule has 110 valence electrons. The molecule has 0 fully saturated rings. The molecular weight excluding hydrogens is 310 g/mol. The predicted octanol–water partition coefficient (Wildman–Crippen LogP) is 3.96. The van der Waals surface area contributed by atoms with Crippen molar-refractivity contribution in [3.8, 4) is 17.3 Å². The maximum Gasteiger partial charge on any atom is 0.302 e. The number of rotatable bonds is 3. The molecule has 0 saturated carbocycles. The first kappa shape index (κ1) is 13.4. The average molecular weight is 319 g/mol. The Labute approximate surface area is 135 Å². The topological polar surface area (TPSA) is 87.6 Å². The number of nitrogens with zero attached hydrogens (tertiary/aromatic N) is 4. The second-order valence-electron chi connectivity index (χ2n) is 4.69. The minimum absolute atomic E-state index is 0.312. The Morgan fingerprint density at radius 3 is 2.87 bits per heavy atom. The number of oxazole rings is 1. The van der Waals surface area contributed by atoms with E-state index in [1.165, 1.54) is 6.20 Å². The molecule has 0 bridgehead atoms. The van der Waals surface area contributed by atoms with Crippen molar-refractivity contribution >= 4 is 34.4 Å². The highest BCUT2D eigenvalue weighted by molar-refractivity contribution is 7.08. The highest BCUT2D eigenvalue weighted by Crippen LogP contribution is 2.26. The quantitative estimate of drug-likeness (QED) is 0.615. The normalized spacial score (nSPS) is 10.6. The molecule has 0 aliphatic rings. The highest BCUT2D eigenvalue weighted by Gasteiger charge is 2.12. The second kappa shape index (κ2) is 5.51. The first-order chi connectivity index (χ1) is 11.3. The number of para-hydroxylation sites is 2. The summed E-state index contributed by atoms with van der Waals surface area (Å²) < 4.78 is 5.59. The van der Waals surface area contributed by atoms with E-state index in [0.717, 1.165) is 11.1 Å². The SMILES string of the molecule is N#Cc1cnc(Nc2nc3ccccc3o2)nc1-c1ccsc1. The molecule has 0 aliphatic carbocycles. The first-order valence-electron chi connectivity index (χ1n) is 6.76. The fraction of sp³-hybridized carbons (Fsp3) is 0. The molecule has 6 nitrogen and oxygen atoms in total. The molecule has 7 heteroatoms. The van der Waals surface area contributed by atoms with Crippen LogP contribution in [0.3, 0.4) is 0 Å². The predicted molar refractivity (Wildman–Crippen MR) is 87.4 cm³/mol. The number of benzene rings is 1. The summed E-state index contributed by atoms with van der Waals surface area (Å²) in [6.45, 7) is 0. The van der Waals surface area contributed by atoms with E-state index in [-0.39, 0.29) is 0 Å². The molecule has 4 aromatic rings. The maximum atomic E-state index is 9.22. The van der Waals surface area contributed by atoms with Gasteiger partial charge in [0.1, 0.15) is 11.6 Å². The number of nitriles is 1. The minimum Gasteiger partial charge on any atom is -0.423 e. The van der Waals surface area contributed by atoms with Crippen LogP contribution in [0.2, 0.25) is 0 Å². The monoisotopic (exact) mass is 319 g/mol. The average Bonchev–Trinajstić information content (AvgIpc) is 3.24. The van der Waals surface area contributed by atoms with Crippen molar-refractivity contribution in [1.29, 1.82) is 5.26 Å². The summed E-state index contributed by atoms with van der Waals surface area (Å²) >= 11 is 1.55. The van der Waals surface area contributed by atoms with Gasteiger partial charge in [-0.25, -0.2) is 9.97 Å². The summed E-state index contributed by atoms with van der Waals surface area (Å²) in [5, 5.41) is 16.0. The number of nitrogens with one attached hydrogen (secondary N) is 1. The molecule has 0 amide bonds. The lowest BCUT2D eigenvalue weighted by Crippen LogP contribution is -2.00. The molecule has 0 unspecified atom stereocenters. The number of anilines is 2. The number of thiophene rings is 1. The van der Waals surface area contributed by atoms with Crippen LogP contribution in [0.4, 0.5) is 12.0 Å². The molecule has 23 heavy (non-hydrogen) atoms. The fourth-order valence-electron chi connectivity index (χ4n) is 2.16. The lowest BCUT2D eigenvalue weighted by molar-refractivity contribution is 0.621. The molecule has 0 atom stereocenters. The third-order valence-electron chi connectivity index (χ3n) is 3.22. The van der Waals surface area contributed by atoms with Crippen LogP contribution in [-0.4, -0.2) is 15.0 Å². The molecule has 0 saturated heterocycles. The van der Waals surface area contributed by atoms with Crippen LogP contribution in [0.1, 0.15) is 5.56 Å². The van der Waals surface area contributed by atoms with Crippen LogP contribution >= 0.6 is 11.3 Å². The van der Waals surface area contributed by atoms with Crippen molar-refractivity contribution in [3.05, 3.63) is 52.9 Å². The van der Waals surface area contributed by atoms with E-state index in [1.54, 1.807) is 11.3 Å². The number of aromatic nitrogens is 3. The number of fused-ring (bicyclic) bond motifs is 1. The van der Waals surface area contributed by atoms with Gasteiger partial charge in [-0.3, -0.25) is 5.32 Å². The zero-order valence-electron chi connectivity index (χ0n) is 11.7. The van der Waals surface area contributed by atoms with Gasteiger partial charge in [-0.2, -0.15) is 21.6 Å². The summed E-state index contributed by atoms with van der Waals surface area (Å²) in [4.78, 5) is 12.9. The van der Waals surface area contributed by atoms with Crippen LogP contribution < -0.4 is 5.32 Å². The summed E-state index contributed by atoms with van der Waals surface area (Å²) in [5.74, 6) is 0.330. The second-order valence-corrected chi connectivity index (χ2v) is 5.47. The molecular formula is C16H9N5OS. The summed E-state index contributed by atoms with van der Waals surface area (Å²) in [7, 11) is 0. The zero-order valence-corrected chi connectivity index (χ0v) is 12.5. The molecule has 0 spiro atoms. The van der Waals surface area contributed by atoms with Gasteiger partial charge in [0.15, 0.2) is 5.58 Å². The smallest absolute Gasteiger partial charge is 0.302 e. The summed E-state index contributed by atoms with van der Waals surface area (Å²) in [5.41, 5.74) is 3.33. The Morgan fingerprint density at radius 2 is 2.09 bits per heavy atom. The van der Waals surface area contributed by atoms with Crippen LogP contribution in [-0.2, 0) is 0 Å². The number of hydrogen-bond acceptors (Lipinski definition) is 7. The van der Waals surface area contributed by atoms with Crippen molar-refractivity contribution in [1.82, 2.24) is 15.0 Å². The molecule has 0 aliphatic heterocycles. The van der Waals surface area contributed by atoms with E-state index in [4.69, 9.17) is 4.42 Å². The number of hydrogen-bond donors (Lipinski definition) is 1. The fourth-order valence-corrected chi connectivity index (χ4v) is 2.81. The largest absolute Gasteiger partial charge is 0.423 e. The molecule has 4 rings (SSSR count). The van der Waals surface area contributed by atoms with Gasteiger partial charge in [-0.1, -0.05) is 12.1 Å². The molecule has 1 N–H and O–H groups in total. The molecule has 3 heterocycles. The van der Waals surface area contributed by atoms with E-state index < -0.39 is 0 Å². The van der Waals surface area contributed by atoms with Crippen LogP contribution in [0.25, 0.3) is 22.4 Å². The van der Waals surface area contributed by atoms with Gasteiger partial charge in [-0.15, -0.1) is 0 Å². The van der Waals surface area contributed by atoms with Gasteiger partial charge in [0.25, 0.3) is 0 Å². The summed E-state index contributed by atoms with van der Waals surface area (Å²) in [6.07, 6.45) is 1.49.